The van der Waals surface area contributed by atoms with Crippen molar-refractivity contribution in [3.05, 3.63) is 35.4 Å². The zero-order valence-corrected chi connectivity index (χ0v) is 10.4. The monoisotopic (exact) mass is 261 g/mol. The third-order valence-corrected chi connectivity index (χ3v) is 2.26. The van der Waals surface area contributed by atoms with Gasteiger partial charge in [-0.1, -0.05) is 12.1 Å². The van der Waals surface area contributed by atoms with Crippen molar-refractivity contribution in [3.8, 4) is 6.07 Å². The third-order valence-electron chi connectivity index (χ3n) is 2.26. The fraction of sp³-hybridized carbons (Fsp3) is 0.308. The lowest BCUT2D eigenvalue weighted by Crippen LogP contribution is -2.29. The van der Waals surface area contributed by atoms with E-state index in [0.29, 0.717) is 12.1 Å². The topological polar surface area (TPSA) is 105 Å². The SMILES string of the molecule is N#Cc1ccc(CC(=O)NCCOCC(N)=O)cc1. The number of benzene rings is 1. The predicted molar refractivity (Wildman–Crippen MR) is 67.9 cm³/mol. The largest absolute Gasteiger partial charge is 0.370 e. The van der Waals surface area contributed by atoms with E-state index < -0.39 is 5.91 Å². The first-order valence-corrected chi connectivity index (χ1v) is 5.73. The number of amides is 2. The zero-order chi connectivity index (χ0) is 14.1. The lowest BCUT2D eigenvalue weighted by atomic mass is 10.1. The predicted octanol–water partition coefficient (Wildman–Crippen LogP) is -0.281. The summed E-state index contributed by atoms with van der Waals surface area (Å²) in [5.41, 5.74) is 6.27. The highest BCUT2D eigenvalue weighted by atomic mass is 16.5. The van der Waals surface area contributed by atoms with Gasteiger partial charge in [0, 0.05) is 6.54 Å². The molecular weight excluding hydrogens is 246 g/mol. The number of carbonyl (C=O) groups is 2. The molecule has 0 heterocycles. The Morgan fingerprint density at radius 1 is 1.32 bits per heavy atom. The molecule has 6 heteroatoms. The minimum Gasteiger partial charge on any atom is -0.370 e. The number of nitrogens with two attached hydrogens (primary N) is 1. The Kier molecular flexibility index (Phi) is 6.06. The highest BCUT2D eigenvalue weighted by Gasteiger charge is 2.03. The quantitative estimate of drug-likeness (QED) is 0.658. The Labute approximate surface area is 111 Å². The van der Waals surface area contributed by atoms with E-state index in [4.69, 9.17) is 15.7 Å². The summed E-state index contributed by atoms with van der Waals surface area (Å²) in [5, 5.41) is 11.3. The van der Waals surface area contributed by atoms with Gasteiger partial charge in [-0.2, -0.15) is 5.26 Å². The highest BCUT2D eigenvalue weighted by Crippen LogP contribution is 2.03. The van der Waals surface area contributed by atoms with Gasteiger partial charge in [-0.25, -0.2) is 0 Å². The van der Waals surface area contributed by atoms with E-state index >= 15 is 0 Å². The summed E-state index contributed by atoms with van der Waals surface area (Å²) in [5.74, 6) is -0.684. The maximum atomic E-state index is 11.5. The number of rotatable bonds is 7. The molecule has 0 bridgehead atoms. The number of hydrogen-bond donors (Lipinski definition) is 2. The first-order chi connectivity index (χ1) is 9.11. The summed E-state index contributed by atoms with van der Waals surface area (Å²) >= 11 is 0. The molecule has 0 spiro atoms. The van der Waals surface area contributed by atoms with Gasteiger partial charge in [0.15, 0.2) is 0 Å². The number of nitrogens with one attached hydrogen (secondary N) is 1. The Hall–Kier alpha value is -2.39. The van der Waals surface area contributed by atoms with Crippen LogP contribution < -0.4 is 11.1 Å². The van der Waals surface area contributed by atoms with Crippen molar-refractivity contribution in [1.82, 2.24) is 5.32 Å². The summed E-state index contributed by atoms with van der Waals surface area (Å²) in [6.45, 7) is 0.413. The first kappa shape index (κ1) is 14.7. The third kappa shape index (κ3) is 6.19. The number of ether oxygens (including phenoxy) is 1. The van der Waals surface area contributed by atoms with E-state index in [1.807, 2.05) is 6.07 Å². The Morgan fingerprint density at radius 2 is 2.00 bits per heavy atom. The van der Waals surface area contributed by atoms with Gasteiger partial charge in [0.05, 0.1) is 24.7 Å². The van der Waals surface area contributed by atoms with Gasteiger partial charge in [-0.05, 0) is 17.7 Å². The van der Waals surface area contributed by atoms with Crippen LogP contribution in [0.15, 0.2) is 24.3 Å². The molecule has 19 heavy (non-hydrogen) atoms. The van der Waals surface area contributed by atoms with Crippen LogP contribution in [0, 0.1) is 11.3 Å². The van der Waals surface area contributed by atoms with Crippen LogP contribution in [0.4, 0.5) is 0 Å². The van der Waals surface area contributed by atoms with Gasteiger partial charge in [0.25, 0.3) is 0 Å². The molecule has 0 fully saturated rings. The molecule has 0 atom stereocenters. The molecule has 100 valence electrons. The number of nitriles is 1. The van der Waals surface area contributed by atoms with Crippen molar-refractivity contribution in [2.45, 2.75) is 6.42 Å². The zero-order valence-electron chi connectivity index (χ0n) is 10.4. The van der Waals surface area contributed by atoms with Gasteiger partial charge in [0.2, 0.25) is 11.8 Å². The number of carbonyl (C=O) groups excluding carboxylic acids is 2. The average Bonchev–Trinajstić information content (AvgIpc) is 2.39. The second-order valence-electron chi connectivity index (χ2n) is 3.85. The lowest BCUT2D eigenvalue weighted by molar-refractivity contribution is -0.122. The van der Waals surface area contributed by atoms with E-state index in [-0.39, 0.29) is 25.5 Å². The Bertz CT molecular complexity index is 477. The molecule has 1 rings (SSSR count). The van der Waals surface area contributed by atoms with E-state index in [9.17, 15) is 9.59 Å². The number of nitrogens with zero attached hydrogens (tertiary/aromatic N) is 1. The average molecular weight is 261 g/mol. The van der Waals surface area contributed by atoms with Crippen molar-refractivity contribution >= 4 is 11.8 Å². The minimum absolute atomic E-state index is 0.146. The molecule has 6 nitrogen and oxygen atoms in total. The summed E-state index contributed by atoms with van der Waals surface area (Å²) < 4.78 is 4.90. The number of primary amides is 1. The van der Waals surface area contributed by atoms with Crippen LogP contribution in [0.3, 0.4) is 0 Å². The van der Waals surface area contributed by atoms with Crippen molar-refractivity contribution in [1.29, 1.82) is 5.26 Å². The van der Waals surface area contributed by atoms with Gasteiger partial charge in [-0.15, -0.1) is 0 Å². The molecule has 0 aromatic heterocycles. The fourth-order valence-corrected chi connectivity index (χ4v) is 1.38. The van der Waals surface area contributed by atoms with E-state index in [0.717, 1.165) is 5.56 Å². The molecule has 0 radical (unpaired) electrons. The molecule has 0 aliphatic rings. The summed E-state index contributed by atoms with van der Waals surface area (Å²) in [4.78, 5) is 21.9. The Morgan fingerprint density at radius 3 is 2.58 bits per heavy atom. The van der Waals surface area contributed by atoms with Gasteiger partial charge in [-0.3, -0.25) is 9.59 Å². The lowest BCUT2D eigenvalue weighted by Gasteiger charge is -2.05. The minimum atomic E-state index is -0.538. The standard InChI is InChI=1S/C13H15N3O3/c14-8-11-3-1-10(2-4-11)7-13(18)16-5-6-19-9-12(15)17/h1-4H,5-7,9H2,(H2,15,17)(H,16,18). The van der Waals surface area contributed by atoms with Crippen LogP contribution >= 0.6 is 0 Å². The molecule has 0 saturated carbocycles. The van der Waals surface area contributed by atoms with E-state index in [1.165, 1.54) is 0 Å². The van der Waals surface area contributed by atoms with Gasteiger partial charge >= 0.3 is 0 Å². The summed E-state index contributed by atoms with van der Waals surface area (Å²) in [7, 11) is 0. The second kappa shape index (κ2) is 7.84. The maximum absolute atomic E-state index is 11.5. The van der Waals surface area contributed by atoms with Crippen LogP contribution in [0.1, 0.15) is 11.1 Å². The molecule has 1 aromatic carbocycles. The molecule has 0 aliphatic heterocycles. The van der Waals surface area contributed by atoms with Crippen LogP contribution in [0.5, 0.6) is 0 Å². The molecule has 2 amide bonds. The molecular formula is C13H15N3O3. The second-order valence-corrected chi connectivity index (χ2v) is 3.85. The van der Waals surface area contributed by atoms with E-state index in [2.05, 4.69) is 5.32 Å². The summed E-state index contributed by atoms with van der Waals surface area (Å²) in [6, 6.07) is 8.82. The fourth-order valence-electron chi connectivity index (χ4n) is 1.38. The van der Waals surface area contributed by atoms with Crippen molar-refractivity contribution < 1.29 is 14.3 Å². The van der Waals surface area contributed by atoms with Crippen LogP contribution in [-0.2, 0) is 20.7 Å². The first-order valence-electron chi connectivity index (χ1n) is 5.73. The van der Waals surface area contributed by atoms with E-state index in [1.54, 1.807) is 24.3 Å². The number of hydrogen-bond acceptors (Lipinski definition) is 4. The summed E-state index contributed by atoms with van der Waals surface area (Å²) in [6.07, 6.45) is 0.238. The van der Waals surface area contributed by atoms with Crippen molar-refractivity contribution in [3.63, 3.8) is 0 Å². The maximum Gasteiger partial charge on any atom is 0.243 e. The molecule has 1 aromatic rings. The van der Waals surface area contributed by atoms with Crippen LogP contribution in [0.2, 0.25) is 0 Å². The van der Waals surface area contributed by atoms with Crippen LogP contribution in [0.25, 0.3) is 0 Å². The Balaban J connectivity index is 2.23. The smallest absolute Gasteiger partial charge is 0.243 e. The van der Waals surface area contributed by atoms with Gasteiger partial charge < -0.3 is 15.8 Å². The van der Waals surface area contributed by atoms with Crippen molar-refractivity contribution in [2.75, 3.05) is 19.8 Å². The van der Waals surface area contributed by atoms with Crippen LogP contribution in [-0.4, -0.2) is 31.6 Å². The molecule has 3 N–H and O–H groups in total. The normalized spacial score (nSPS) is 9.63. The van der Waals surface area contributed by atoms with Gasteiger partial charge in [0.1, 0.15) is 6.61 Å². The molecule has 0 unspecified atom stereocenters. The highest BCUT2D eigenvalue weighted by molar-refractivity contribution is 5.78. The molecule has 0 aliphatic carbocycles. The van der Waals surface area contributed by atoms with Crippen molar-refractivity contribution in [2.24, 2.45) is 5.73 Å². The molecule has 0 saturated heterocycles.